The Labute approximate surface area is 126 Å². The van der Waals surface area contributed by atoms with Gasteiger partial charge in [-0.05, 0) is 41.6 Å². The maximum absolute atomic E-state index is 10.6. The zero-order chi connectivity index (χ0) is 14.0. The van der Waals surface area contributed by atoms with Gasteiger partial charge in [0, 0.05) is 27.4 Å². The van der Waals surface area contributed by atoms with Gasteiger partial charge >= 0.3 is 0 Å². The molecule has 0 aliphatic carbocycles. The molecule has 2 unspecified atom stereocenters. The molecule has 1 aromatic heterocycles. The maximum Gasteiger partial charge on any atom is 0.0966 e. The van der Waals surface area contributed by atoms with Crippen molar-refractivity contribution in [2.75, 3.05) is 6.54 Å². The summed E-state index contributed by atoms with van der Waals surface area (Å²) in [6.45, 7) is 2.25. The average molecular weight is 316 g/mol. The van der Waals surface area contributed by atoms with Crippen LogP contribution in [0.2, 0.25) is 10.0 Å². The van der Waals surface area contributed by atoms with Gasteiger partial charge in [0.05, 0.1) is 6.10 Å². The molecular weight excluding hydrogens is 301 g/mol. The Hall–Kier alpha value is -0.580. The molecule has 2 rings (SSSR count). The highest BCUT2D eigenvalue weighted by atomic mass is 35.5. The highest BCUT2D eigenvalue weighted by molar-refractivity contribution is 7.10. The van der Waals surface area contributed by atoms with Gasteiger partial charge in [0.25, 0.3) is 0 Å². The van der Waals surface area contributed by atoms with Crippen molar-refractivity contribution in [1.29, 1.82) is 0 Å². The zero-order valence-corrected chi connectivity index (χ0v) is 12.8. The van der Waals surface area contributed by atoms with Gasteiger partial charge in [-0.3, -0.25) is 0 Å². The van der Waals surface area contributed by atoms with Gasteiger partial charge in [-0.25, -0.2) is 0 Å². The number of hydrogen-bond donors (Lipinski definition) is 2. The van der Waals surface area contributed by atoms with E-state index in [0.717, 1.165) is 10.4 Å². The second-order valence-electron chi connectivity index (χ2n) is 4.39. The number of rotatable bonds is 4. The Kier molecular flexibility index (Phi) is 4.87. The van der Waals surface area contributed by atoms with Crippen molar-refractivity contribution in [3.8, 4) is 0 Å². The van der Waals surface area contributed by atoms with Crippen LogP contribution < -0.4 is 5.73 Å². The summed E-state index contributed by atoms with van der Waals surface area (Å²) < 4.78 is 0. The van der Waals surface area contributed by atoms with Crippen molar-refractivity contribution in [3.63, 3.8) is 0 Å². The van der Waals surface area contributed by atoms with Crippen molar-refractivity contribution in [2.24, 2.45) is 5.73 Å². The number of benzene rings is 1. The van der Waals surface area contributed by atoms with E-state index >= 15 is 0 Å². The quantitative estimate of drug-likeness (QED) is 0.890. The molecular formula is C14H15Cl2NOS. The molecule has 2 nitrogen and oxygen atoms in total. The molecule has 5 heteroatoms. The normalized spacial score (nSPS) is 14.4. The van der Waals surface area contributed by atoms with Crippen LogP contribution in [-0.4, -0.2) is 11.7 Å². The van der Waals surface area contributed by atoms with E-state index in [2.05, 4.69) is 0 Å². The SMILES string of the molecule is Cc1ccsc1C(O)C(CN)c1c(Cl)cccc1Cl. The van der Waals surface area contributed by atoms with Crippen LogP contribution in [-0.2, 0) is 0 Å². The van der Waals surface area contributed by atoms with Crippen molar-refractivity contribution < 1.29 is 5.11 Å². The van der Waals surface area contributed by atoms with Crippen molar-refractivity contribution in [2.45, 2.75) is 18.9 Å². The van der Waals surface area contributed by atoms with E-state index in [0.29, 0.717) is 15.6 Å². The summed E-state index contributed by atoms with van der Waals surface area (Å²) in [5.74, 6) is -0.307. The molecule has 0 saturated heterocycles. The average Bonchev–Trinajstić information content (AvgIpc) is 2.79. The predicted molar refractivity (Wildman–Crippen MR) is 82.3 cm³/mol. The Bertz CT molecular complexity index is 550. The number of thiophene rings is 1. The third kappa shape index (κ3) is 2.96. The van der Waals surface area contributed by atoms with Gasteiger partial charge in [-0.1, -0.05) is 29.3 Å². The van der Waals surface area contributed by atoms with Gasteiger partial charge in [-0.2, -0.15) is 0 Å². The first-order valence-corrected chi connectivity index (χ1v) is 7.55. The summed E-state index contributed by atoms with van der Waals surface area (Å²) in [6, 6.07) is 7.29. The third-order valence-electron chi connectivity index (χ3n) is 3.18. The number of hydrogen-bond acceptors (Lipinski definition) is 3. The van der Waals surface area contributed by atoms with Gasteiger partial charge in [0.15, 0.2) is 0 Å². The fourth-order valence-electron chi connectivity index (χ4n) is 2.14. The van der Waals surface area contributed by atoms with Gasteiger partial charge in [-0.15, -0.1) is 11.3 Å². The lowest BCUT2D eigenvalue weighted by atomic mass is 9.91. The van der Waals surface area contributed by atoms with Gasteiger partial charge in [0.1, 0.15) is 0 Å². The van der Waals surface area contributed by atoms with E-state index in [4.69, 9.17) is 28.9 Å². The summed E-state index contributed by atoms with van der Waals surface area (Å²) in [7, 11) is 0. The molecule has 0 amide bonds. The molecule has 0 saturated carbocycles. The first-order valence-electron chi connectivity index (χ1n) is 5.92. The first kappa shape index (κ1) is 14.8. The van der Waals surface area contributed by atoms with E-state index in [1.54, 1.807) is 18.2 Å². The van der Waals surface area contributed by atoms with Crippen LogP contribution in [0, 0.1) is 6.92 Å². The number of aliphatic hydroxyl groups excluding tert-OH is 1. The Morgan fingerprint density at radius 2 is 1.89 bits per heavy atom. The van der Waals surface area contributed by atoms with E-state index < -0.39 is 6.10 Å². The van der Waals surface area contributed by atoms with Crippen LogP contribution >= 0.6 is 34.5 Å². The van der Waals surface area contributed by atoms with E-state index in [-0.39, 0.29) is 12.5 Å². The largest absolute Gasteiger partial charge is 0.387 e. The Morgan fingerprint density at radius 1 is 1.26 bits per heavy atom. The van der Waals surface area contributed by atoms with Crippen LogP contribution in [0.1, 0.15) is 28.0 Å². The van der Waals surface area contributed by atoms with E-state index in [9.17, 15) is 5.11 Å². The molecule has 0 radical (unpaired) electrons. The Morgan fingerprint density at radius 3 is 2.37 bits per heavy atom. The second kappa shape index (κ2) is 6.25. The lowest BCUT2D eigenvalue weighted by Gasteiger charge is -2.23. The lowest BCUT2D eigenvalue weighted by molar-refractivity contribution is 0.150. The minimum absolute atomic E-state index is 0.280. The minimum atomic E-state index is -0.692. The molecule has 0 bridgehead atoms. The number of nitrogens with two attached hydrogens (primary N) is 1. The number of halogens is 2. The molecule has 0 aliphatic heterocycles. The summed E-state index contributed by atoms with van der Waals surface area (Å²) in [6.07, 6.45) is -0.692. The first-order chi connectivity index (χ1) is 9.06. The molecule has 0 aliphatic rings. The molecule has 102 valence electrons. The van der Waals surface area contributed by atoms with Crippen LogP contribution in [0.15, 0.2) is 29.6 Å². The highest BCUT2D eigenvalue weighted by Gasteiger charge is 2.27. The second-order valence-corrected chi connectivity index (χ2v) is 6.15. The Balaban J connectivity index is 2.43. The molecule has 2 aromatic rings. The molecule has 2 atom stereocenters. The lowest BCUT2D eigenvalue weighted by Crippen LogP contribution is -2.20. The summed E-state index contributed by atoms with van der Waals surface area (Å²) in [5.41, 5.74) is 7.60. The smallest absolute Gasteiger partial charge is 0.0966 e. The number of aryl methyl sites for hydroxylation is 1. The summed E-state index contributed by atoms with van der Waals surface area (Å²) in [4.78, 5) is 0.909. The van der Waals surface area contributed by atoms with Crippen LogP contribution in [0.25, 0.3) is 0 Å². The molecule has 3 N–H and O–H groups in total. The van der Waals surface area contributed by atoms with Gasteiger partial charge in [0.2, 0.25) is 0 Å². The molecule has 1 heterocycles. The monoisotopic (exact) mass is 315 g/mol. The fraction of sp³-hybridized carbons (Fsp3) is 0.286. The number of aliphatic hydroxyl groups is 1. The van der Waals surface area contributed by atoms with Crippen molar-refractivity contribution >= 4 is 34.5 Å². The summed E-state index contributed by atoms with van der Waals surface area (Å²) in [5, 5.41) is 13.6. The highest BCUT2D eigenvalue weighted by Crippen LogP contribution is 2.40. The fourth-order valence-corrected chi connectivity index (χ4v) is 3.79. The molecule has 0 fully saturated rings. The summed E-state index contributed by atoms with van der Waals surface area (Å²) >= 11 is 13.9. The van der Waals surface area contributed by atoms with Crippen LogP contribution in [0.5, 0.6) is 0 Å². The molecule has 0 spiro atoms. The predicted octanol–water partition coefficient (Wildman–Crippen LogP) is 4.14. The van der Waals surface area contributed by atoms with E-state index in [1.165, 1.54) is 11.3 Å². The third-order valence-corrected chi connectivity index (χ3v) is 4.92. The van der Waals surface area contributed by atoms with Crippen molar-refractivity contribution in [3.05, 3.63) is 55.7 Å². The van der Waals surface area contributed by atoms with E-state index in [1.807, 2.05) is 18.4 Å². The molecule has 19 heavy (non-hydrogen) atoms. The maximum atomic E-state index is 10.6. The van der Waals surface area contributed by atoms with Crippen LogP contribution in [0.3, 0.4) is 0 Å². The van der Waals surface area contributed by atoms with Crippen LogP contribution in [0.4, 0.5) is 0 Å². The van der Waals surface area contributed by atoms with Gasteiger partial charge < -0.3 is 10.8 Å². The minimum Gasteiger partial charge on any atom is -0.387 e. The zero-order valence-electron chi connectivity index (χ0n) is 10.4. The molecule has 1 aromatic carbocycles. The van der Waals surface area contributed by atoms with Crippen molar-refractivity contribution in [1.82, 2.24) is 0 Å². The standard InChI is InChI=1S/C14H15Cl2NOS/c1-8-5-6-19-14(8)13(18)9(7-17)12-10(15)3-2-4-11(12)16/h2-6,9,13,18H,7,17H2,1H3. The topological polar surface area (TPSA) is 46.2 Å².